The standard InChI is InChI=1S/C12H16O3/c1-3-4-6-10-7-5-8-11(9(10)2)15-12(13)14/h5,7-8H,3-4,6H2,1-2H3,(H,13,14). The third-order valence-electron chi connectivity index (χ3n) is 2.39. The molecule has 0 saturated heterocycles. The Morgan fingerprint density at radius 1 is 1.47 bits per heavy atom. The minimum atomic E-state index is -1.26. The molecule has 1 N–H and O–H groups in total. The Hall–Kier alpha value is -1.51. The molecule has 0 aliphatic rings. The molecule has 0 aromatic heterocycles. The van der Waals surface area contributed by atoms with Crippen molar-refractivity contribution in [3.05, 3.63) is 29.3 Å². The summed E-state index contributed by atoms with van der Waals surface area (Å²) in [6, 6.07) is 5.52. The Morgan fingerprint density at radius 2 is 2.20 bits per heavy atom. The minimum Gasteiger partial charge on any atom is -0.449 e. The van der Waals surface area contributed by atoms with Crippen LogP contribution in [-0.4, -0.2) is 11.3 Å². The summed E-state index contributed by atoms with van der Waals surface area (Å²) in [5, 5.41) is 8.54. The second kappa shape index (κ2) is 5.39. The highest BCUT2D eigenvalue weighted by Gasteiger charge is 2.07. The van der Waals surface area contributed by atoms with Gasteiger partial charge in [-0.15, -0.1) is 0 Å². The Labute approximate surface area is 89.7 Å². The lowest BCUT2D eigenvalue weighted by Crippen LogP contribution is -2.05. The van der Waals surface area contributed by atoms with E-state index in [0.717, 1.165) is 30.4 Å². The summed E-state index contributed by atoms with van der Waals surface area (Å²) in [6.07, 6.45) is 1.95. The van der Waals surface area contributed by atoms with Crippen LogP contribution in [0.2, 0.25) is 0 Å². The lowest BCUT2D eigenvalue weighted by atomic mass is 10.0. The van der Waals surface area contributed by atoms with Gasteiger partial charge in [0.05, 0.1) is 0 Å². The van der Waals surface area contributed by atoms with Crippen molar-refractivity contribution in [3.63, 3.8) is 0 Å². The summed E-state index contributed by atoms with van der Waals surface area (Å²) in [4.78, 5) is 10.4. The van der Waals surface area contributed by atoms with Gasteiger partial charge in [0, 0.05) is 0 Å². The first-order chi connectivity index (χ1) is 7.15. The van der Waals surface area contributed by atoms with Gasteiger partial charge in [-0.3, -0.25) is 0 Å². The lowest BCUT2D eigenvalue weighted by Gasteiger charge is -2.09. The van der Waals surface area contributed by atoms with Crippen molar-refractivity contribution in [3.8, 4) is 5.75 Å². The summed E-state index contributed by atoms with van der Waals surface area (Å²) < 4.78 is 4.68. The normalized spacial score (nSPS) is 10.0. The summed E-state index contributed by atoms with van der Waals surface area (Å²) in [6.45, 7) is 4.02. The third-order valence-corrected chi connectivity index (χ3v) is 2.39. The van der Waals surface area contributed by atoms with E-state index in [-0.39, 0.29) is 0 Å². The molecule has 0 spiro atoms. The molecule has 3 nitrogen and oxygen atoms in total. The number of carbonyl (C=O) groups is 1. The molecule has 1 rings (SSSR count). The first-order valence-electron chi connectivity index (χ1n) is 5.14. The predicted octanol–water partition coefficient (Wildman–Crippen LogP) is 3.39. The van der Waals surface area contributed by atoms with Crippen LogP contribution in [0, 0.1) is 6.92 Å². The Morgan fingerprint density at radius 3 is 2.80 bits per heavy atom. The topological polar surface area (TPSA) is 46.5 Å². The predicted molar refractivity (Wildman–Crippen MR) is 58.4 cm³/mol. The summed E-state index contributed by atoms with van der Waals surface area (Å²) >= 11 is 0. The molecule has 0 aliphatic carbocycles. The average Bonchev–Trinajstić information content (AvgIpc) is 2.19. The van der Waals surface area contributed by atoms with Crippen molar-refractivity contribution in [2.75, 3.05) is 0 Å². The number of benzene rings is 1. The van der Waals surface area contributed by atoms with Gasteiger partial charge in [-0.25, -0.2) is 4.79 Å². The Kier molecular flexibility index (Phi) is 4.16. The number of hydrogen-bond acceptors (Lipinski definition) is 2. The largest absolute Gasteiger partial charge is 0.511 e. The van der Waals surface area contributed by atoms with Crippen molar-refractivity contribution >= 4 is 6.16 Å². The molecule has 0 heterocycles. The van der Waals surface area contributed by atoms with Gasteiger partial charge in [-0.05, 0) is 37.0 Å². The van der Waals surface area contributed by atoms with Crippen LogP contribution in [0.4, 0.5) is 4.79 Å². The number of ether oxygens (including phenoxy) is 1. The van der Waals surface area contributed by atoms with Gasteiger partial charge in [0.15, 0.2) is 0 Å². The highest BCUT2D eigenvalue weighted by atomic mass is 16.7. The molecule has 3 heteroatoms. The zero-order chi connectivity index (χ0) is 11.3. The average molecular weight is 208 g/mol. The molecular formula is C12H16O3. The van der Waals surface area contributed by atoms with E-state index in [0.29, 0.717) is 5.75 Å². The van der Waals surface area contributed by atoms with E-state index in [2.05, 4.69) is 11.7 Å². The number of rotatable bonds is 4. The fraction of sp³-hybridized carbons (Fsp3) is 0.417. The lowest BCUT2D eigenvalue weighted by molar-refractivity contribution is 0.144. The maximum atomic E-state index is 10.4. The smallest absolute Gasteiger partial charge is 0.449 e. The number of hydrogen-bond donors (Lipinski definition) is 1. The summed E-state index contributed by atoms with van der Waals surface area (Å²) in [5.41, 5.74) is 2.09. The van der Waals surface area contributed by atoms with Crippen molar-refractivity contribution in [1.82, 2.24) is 0 Å². The van der Waals surface area contributed by atoms with E-state index in [1.54, 1.807) is 6.07 Å². The Balaban J connectivity index is 2.85. The molecule has 1 aromatic rings. The van der Waals surface area contributed by atoms with Gasteiger partial charge in [0.1, 0.15) is 5.75 Å². The van der Waals surface area contributed by atoms with Gasteiger partial charge in [-0.1, -0.05) is 25.5 Å². The highest BCUT2D eigenvalue weighted by Crippen LogP contribution is 2.22. The van der Waals surface area contributed by atoms with Crippen molar-refractivity contribution in [2.24, 2.45) is 0 Å². The maximum absolute atomic E-state index is 10.4. The summed E-state index contributed by atoms with van der Waals surface area (Å²) in [7, 11) is 0. The molecule has 0 radical (unpaired) electrons. The monoisotopic (exact) mass is 208 g/mol. The van der Waals surface area contributed by atoms with Crippen LogP contribution in [0.25, 0.3) is 0 Å². The van der Waals surface area contributed by atoms with Crippen LogP contribution >= 0.6 is 0 Å². The molecule has 0 amide bonds. The van der Waals surface area contributed by atoms with Gasteiger partial charge in [-0.2, -0.15) is 0 Å². The first kappa shape index (κ1) is 11.6. The SMILES string of the molecule is CCCCc1cccc(OC(=O)O)c1C. The molecule has 0 unspecified atom stereocenters. The van der Waals surface area contributed by atoms with Gasteiger partial charge >= 0.3 is 6.16 Å². The van der Waals surface area contributed by atoms with Crippen molar-refractivity contribution < 1.29 is 14.6 Å². The Bertz CT molecular complexity index is 345. The molecule has 15 heavy (non-hydrogen) atoms. The molecule has 0 aliphatic heterocycles. The zero-order valence-corrected chi connectivity index (χ0v) is 9.12. The van der Waals surface area contributed by atoms with Gasteiger partial charge in [0.25, 0.3) is 0 Å². The van der Waals surface area contributed by atoms with E-state index in [9.17, 15) is 4.79 Å². The summed E-state index contributed by atoms with van der Waals surface area (Å²) in [5.74, 6) is 0.441. The molecule has 0 atom stereocenters. The zero-order valence-electron chi connectivity index (χ0n) is 9.12. The molecule has 0 saturated carbocycles. The highest BCUT2D eigenvalue weighted by molar-refractivity contribution is 5.62. The van der Waals surface area contributed by atoms with Crippen LogP contribution < -0.4 is 4.74 Å². The molecule has 1 aromatic carbocycles. The molecule has 0 fully saturated rings. The van der Waals surface area contributed by atoms with Crippen LogP contribution in [0.15, 0.2) is 18.2 Å². The maximum Gasteiger partial charge on any atom is 0.511 e. The van der Waals surface area contributed by atoms with E-state index < -0.39 is 6.16 Å². The number of aryl methyl sites for hydroxylation is 1. The van der Waals surface area contributed by atoms with Crippen molar-refractivity contribution in [2.45, 2.75) is 33.1 Å². The van der Waals surface area contributed by atoms with Crippen molar-refractivity contribution in [1.29, 1.82) is 0 Å². The molecule has 82 valence electrons. The first-order valence-corrected chi connectivity index (χ1v) is 5.14. The van der Waals surface area contributed by atoms with Gasteiger partial charge < -0.3 is 9.84 Å². The number of unbranched alkanes of at least 4 members (excludes halogenated alkanes) is 1. The second-order valence-corrected chi connectivity index (χ2v) is 3.51. The van der Waals surface area contributed by atoms with E-state index in [1.807, 2.05) is 19.1 Å². The van der Waals surface area contributed by atoms with E-state index in [1.165, 1.54) is 0 Å². The minimum absolute atomic E-state index is 0.441. The fourth-order valence-electron chi connectivity index (χ4n) is 1.50. The van der Waals surface area contributed by atoms with E-state index >= 15 is 0 Å². The quantitative estimate of drug-likeness (QED) is 0.609. The van der Waals surface area contributed by atoms with Crippen LogP contribution in [-0.2, 0) is 6.42 Å². The second-order valence-electron chi connectivity index (χ2n) is 3.51. The van der Waals surface area contributed by atoms with E-state index in [4.69, 9.17) is 5.11 Å². The van der Waals surface area contributed by atoms with Gasteiger partial charge in [0.2, 0.25) is 0 Å². The van der Waals surface area contributed by atoms with Crippen LogP contribution in [0.1, 0.15) is 30.9 Å². The number of carboxylic acid groups (broad SMARTS) is 1. The molecule has 0 bridgehead atoms. The molecular weight excluding hydrogens is 192 g/mol. The van der Waals surface area contributed by atoms with Crippen LogP contribution in [0.5, 0.6) is 5.75 Å². The third kappa shape index (κ3) is 3.27. The fourth-order valence-corrected chi connectivity index (χ4v) is 1.50. The van der Waals surface area contributed by atoms with Crippen LogP contribution in [0.3, 0.4) is 0 Å².